The molecule has 2 nitrogen and oxygen atoms in total. The van der Waals surface area contributed by atoms with E-state index in [-0.39, 0.29) is 11.7 Å². The van der Waals surface area contributed by atoms with E-state index in [2.05, 4.69) is 5.32 Å². The summed E-state index contributed by atoms with van der Waals surface area (Å²) in [5, 5.41) is 5.16. The molecule has 0 radical (unpaired) electrons. The van der Waals surface area contributed by atoms with E-state index in [1.54, 1.807) is 11.3 Å². The van der Waals surface area contributed by atoms with Crippen molar-refractivity contribution in [1.29, 1.82) is 0 Å². The van der Waals surface area contributed by atoms with E-state index in [0.29, 0.717) is 5.69 Å². The van der Waals surface area contributed by atoms with Crippen molar-refractivity contribution in [3.8, 4) is 0 Å². The molecule has 0 aliphatic rings. The summed E-state index contributed by atoms with van der Waals surface area (Å²) in [5.41, 5.74) is 5.62. The third-order valence-corrected chi connectivity index (χ3v) is 3.99. The van der Waals surface area contributed by atoms with Gasteiger partial charge in [0, 0.05) is 4.88 Å². The maximum Gasteiger partial charge on any atom is 0.416 e. The van der Waals surface area contributed by atoms with Crippen LogP contribution in [0.5, 0.6) is 0 Å². The first-order chi connectivity index (χ1) is 9.41. The molecule has 1 atom stereocenters. The number of hydrogen-bond acceptors (Lipinski definition) is 3. The lowest BCUT2D eigenvalue weighted by atomic mass is 10.1. The van der Waals surface area contributed by atoms with Crippen LogP contribution in [0.15, 0.2) is 35.7 Å². The van der Waals surface area contributed by atoms with Gasteiger partial charge in [-0.1, -0.05) is 13.0 Å². The summed E-state index contributed by atoms with van der Waals surface area (Å²) in [4.78, 5) is 1.13. The van der Waals surface area contributed by atoms with Crippen molar-refractivity contribution in [1.82, 2.24) is 0 Å². The molecule has 0 spiro atoms. The first kappa shape index (κ1) is 14.7. The molecule has 2 aromatic rings. The molecule has 0 bridgehead atoms. The highest BCUT2D eigenvalue weighted by molar-refractivity contribution is 7.10. The van der Waals surface area contributed by atoms with Gasteiger partial charge in [0.1, 0.15) is 0 Å². The van der Waals surface area contributed by atoms with Crippen LogP contribution in [-0.2, 0) is 6.18 Å². The fraction of sp³-hybridized carbons (Fsp3) is 0.286. The Balaban J connectivity index is 2.21. The second-order valence-electron chi connectivity index (χ2n) is 4.42. The zero-order chi connectivity index (χ0) is 14.8. The van der Waals surface area contributed by atoms with Crippen LogP contribution in [0.2, 0.25) is 0 Å². The zero-order valence-corrected chi connectivity index (χ0v) is 11.7. The van der Waals surface area contributed by atoms with Crippen molar-refractivity contribution >= 4 is 22.7 Å². The van der Waals surface area contributed by atoms with Gasteiger partial charge in [-0.25, -0.2) is 0 Å². The number of nitrogen functional groups attached to an aromatic ring is 1. The van der Waals surface area contributed by atoms with Gasteiger partial charge in [-0.2, -0.15) is 13.2 Å². The highest BCUT2D eigenvalue weighted by atomic mass is 32.1. The number of nitrogens with two attached hydrogens (primary N) is 1. The van der Waals surface area contributed by atoms with E-state index in [9.17, 15) is 13.2 Å². The molecule has 1 aromatic heterocycles. The molecular weight excluding hydrogens is 285 g/mol. The molecule has 0 saturated carbocycles. The maximum atomic E-state index is 12.6. The standard InChI is InChI=1S/C14H15F3N2S/c1-2-11(13-4-3-7-20-13)19-12-6-5-9(8-10(12)18)14(15,16)17/h3-8,11,19H,2,18H2,1H3. The topological polar surface area (TPSA) is 38.0 Å². The number of anilines is 2. The van der Waals surface area contributed by atoms with Crippen molar-refractivity contribution < 1.29 is 13.2 Å². The molecule has 0 amide bonds. The highest BCUT2D eigenvalue weighted by Gasteiger charge is 2.30. The van der Waals surface area contributed by atoms with Gasteiger partial charge in [0.05, 0.1) is 23.0 Å². The van der Waals surface area contributed by atoms with Gasteiger partial charge >= 0.3 is 6.18 Å². The van der Waals surface area contributed by atoms with Crippen LogP contribution in [0.3, 0.4) is 0 Å². The summed E-state index contributed by atoms with van der Waals surface area (Å²) < 4.78 is 37.7. The second kappa shape index (κ2) is 5.75. The number of rotatable bonds is 4. The van der Waals surface area contributed by atoms with Crippen molar-refractivity contribution in [3.05, 3.63) is 46.2 Å². The third-order valence-electron chi connectivity index (χ3n) is 3.00. The SMILES string of the molecule is CCC(Nc1ccc(C(F)(F)F)cc1N)c1cccs1. The average Bonchev–Trinajstić information content (AvgIpc) is 2.90. The Morgan fingerprint density at radius 1 is 1.30 bits per heavy atom. The number of benzene rings is 1. The van der Waals surface area contributed by atoms with Gasteiger partial charge in [-0.05, 0) is 36.1 Å². The first-order valence-corrected chi connectivity index (χ1v) is 7.06. The number of thiophene rings is 1. The highest BCUT2D eigenvalue weighted by Crippen LogP contribution is 2.34. The molecular formula is C14H15F3N2S. The van der Waals surface area contributed by atoms with Crippen molar-refractivity contribution in [3.63, 3.8) is 0 Å². The Morgan fingerprint density at radius 2 is 2.05 bits per heavy atom. The summed E-state index contributed by atoms with van der Waals surface area (Å²) in [5.74, 6) is 0. The zero-order valence-electron chi connectivity index (χ0n) is 10.9. The Labute approximate surface area is 119 Å². The minimum Gasteiger partial charge on any atom is -0.397 e. The smallest absolute Gasteiger partial charge is 0.397 e. The quantitative estimate of drug-likeness (QED) is 0.787. The van der Waals surface area contributed by atoms with Crippen LogP contribution in [0.25, 0.3) is 0 Å². The fourth-order valence-corrected chi connectivity index (χ4v) is 2.78. The van der Waals surface area contributed by atoms with E-state index < -0.39 is 11.7 Å². The predicted octanol–water partition coefficient (Wildman–Crippen LogP) is 4.91. The largest absolute Gasteiger partial charge is 0.416 e. The van der Waals surface area contributed by atoms with Crippen molar-refractivity contribution in [2.45, 2.75) is 25.6 Å². The van der Waals surface area contributed by atoms with E-state index in [0.717, 1.165) is 23.4 Å². The minimum atomic E-state index is -4.37. The van der Waals surface area contributed by atoms with Crippen LogP contribution in [0.4, 0.5) is 24.5 Å². The van der Waals surface area contributed by atoms with Gasteiger partial charge in [0.15, 0.2) is 0 Å². The summed E-state index contributed by atoms with van der Waals surface area (Å²) in [6.07, 6.45) is -3.55. The molecule has 20 heavy (non-hydrogen) atoms. The van der Waals surface area contributed by atoms with E-state index in [4.69, 9.17) is 5.73 Å². The number of halogens is 3. The molecule has 0 aliphatic carbocycles. The Bertz CT molecular complexity index is 564. The van der Waals surface area contributed by atoms with Gasteiger partial charge in [0.25, 0.3) is 0 Å². The lowest BCUT2D eigenvalue weighted by Crippen LogP contribution is -2.11. The van der Waals surface area contributed by atoms with Gasteiger partial charge in [-0.3, -0.25) is 0 Å². The molecule has 0 aliphatic heterocycles. The van der Waals surface area contributed by atoms with Gasteiger partial charge in [0.2, 0.25) is 0 Å². The van der Waals surface area contributed by atoms with E-state index >= 15 is 0 Å². The number of nitrogens with one attached hydrogen (secondary N) is 1. The van der Waals surface area contributed by atoms with Crippen molar-refractivity contribution in [2.24, 2.45) is 0 Å². The summed E-state index contributed by atoms with van der Waals surface area (Å²) in [6, 6.07) is 7.37. The molecule has 0 fully saturated rings. The van der Waals surface area contributed by atoms with Gasteiger partial charge in [-0.15, -0.1) is 11.3 Å². The van der Waals surface area contributed by atoms with Crippen LogP contribution >= 0.6 is 11.3 Å². The first-order valence-electron chi connectivity index (χ1n) is 6.18. The fourth-order valence-electron chi connectivity index (χ4n) is 1.92. The van der Waals surface area contributed by atoms with Crippen LogP contribution < -0.4 is 11.1 Å². The molecule has 1 aromatic carbocycles. The summed E-state index contributed by atoms with van der Waals surface area (Å²) in [6.45, 7) is 2.01. The molecule has 2 rings (SSSR count). The Hall–Kier alpha value is -1.69. The number of alkyl halides is 3. The molecule has 0 saturated heterocycles. The van der Waals surface area contributed by atoms with E-state index in [1.165, 1.54) is 6.07 Å². The van der Waals surface area contributed by atoms with Crippen LogP contribution in [-0.4, -0.2) is 0 Å². The Kier molecular flexibility index (Phi) is 4.23. The molecule has 1 unspecified atom stereocenters. The molecule has 108 valence electrons. The van der Waals surface area contributed by atoms with Crippen LogP contribution in [0, 0.1) is 0 Å². The third kappa shape index (κ3) is 3.25. The van der Waals surface area contributed by atoms with E-state index in [1.807, 2.05) is 24.4 Å². The minimum absolute atomic E-state index is 0.0500. The predicted molar refractivity (Wildman–Crippen MR) is 76.8 cm³/mol. The lowest BCUT2D eigenvalue weighted by Gasteiger charge is -2.19. The number of hydrogen-bond donors (Lipinski definition) is 2. The normalized spacial score (nSPS) is 13.2. The maximum absolute atomic E-state index is 12.6. The van der Waals surface area contributed by atoms with Gasteiger partial charge < -0.3 is 11.1 Å². The monoisotopic (exact) mass is 300 g/mol. The Morgan fingerprint density at radius 3 is 2.55 bits per heavy atom. The average molecular weight is 300 g/mol. The lowest BCUT2D eigenvalue weighted by molar-refractivity contribution is -0.137. The molecule has 3 N–H and O–H groups in total. The molecule has 6 heteroatoms. The molecule has 1 heterocycles. The summed E-state index contributed by atoms with van der Waals surface area (Å²) in [7, 11) is 0. The van der Waals surface area contributed by atoms with Crippen molar-refractivity contribution in [2.75, 3.05) is 11.1 Å². The van der Waals surface area contributed by atoms with Crippen LogP contribution in [0.1, 0.15) is 29.8 Å². The summed E-state index contributed by atoms with van der Waals surface area (Å²) >= 11 is 1.60. The second-order valence-corrected chi connectivity index (χ2v) is 5.40.